The molecule has 0 spiro atoms. The molecule has 0 aromatic heterocycles. The molecule has 4 nitrogen and oxygen atoms in total. The van der Waals surface area contributed by atoms with E-state index in [9.17, 15) is 13.2 Å². The first kappa shape index (κ1) is 23.6. The zero-order valence-electron chi connectivity index (χ0n) is 15.4. The molecule has 1 atom stereocenters. The summed E-state index contributed by atoms with van der Waals surface area (Å²) in [5, 5.41) is 6.23. The Morgan fingerprint density at radius 3 is 2.52 bits per heavy atom. The van der Waals surface area contributed by atoms with E-state index in [1.807, 2.05) is 6.92 Å². The first-order valence-corrected chi connectivity index (χ1v) is 8.65. The van der Waals surface area contributed by atoms with E-state index in [1.54, 1.807) is 0 Å². The number of benzene rings is 1. The third-order valence-electron chi connectivity index (χ3n) is 4.01. The molecular formula is C19H25F3IN3O. The van der Waals surface area contributed by atoms with Gasteiger partial charge in [0.25, 0.3) is 0 Å². The van der Waals surface area contributed by atoms with Gasteiger partial charge in [0, 0.05) is 18.7 Å². The van der Waals surface area contributed by atoms with Crippen molar-refractivity contribution in [1.82, 2.24) is 10.6 Å². The summed E-state index contributed by atoms with van der Waals surface area (Å²) in [5.74, 6) is 6.37. The number of rotatable bonds is 4. The third-order valence-corrected chi connectivity index (χ3v) is 4.01. The smallest absolute Gasteiger partial charge is 0.373 e. The van der Waals surface area contributed by atoms with E-state index in [0.717, 1.165) is 38.1 Å². The molecule has 1 unspecified atom stereocenters. The number of nitrogens with one attached hydrogen (secondary N) is 2. The number of hydrogen-bond acceptors (Lipinski definition) is 2. The molecule has 1 aliphatic heterocycles. The molecule has 0 saturated carbocycles. The molecule has 1 heterocycles. The van der Waals surface area contributed by atoms with Crippen LogP contribution in [0, 0.1) is 11.8 Å². The van der Waals surface area contributed by atoms with Crippen LogP contribution in [0.5, 0.6) is 0 Å². The molecular weight excluding hydrogens is 470 g/mol. The summed E-state index contributed by atoms with van der Waals surface area (Å²) in [6.45, 7) is 6.42. The summed E-state index contributed by atoms with van der Waals surface area (Å²) in [6.07, 6.45) is -2.29. The number of nitrogens with zero attached hydrogens (tertiary/aromatic N) is 1. The second-order valence-corrected chi connectivity index (χ2v) is 6.33. The van der Waals surface area contributed by atoms with Crippen molar-refractivity contribution in [3.05, 3.63) is 35.4 Å². The minimum atomic E-state index is -4.33. The van der Waals surface area contributed by atoms with Gasteiger partial charge in [0.1, 0.15) is 0 Å². The van der Waals surface area contributed by atoms with E-state index in [0.29, 0.717) is 24.6 Å². The van der Waals surface area contributed by atoms with Gasteiger partial charge in [0.05, 0.1) is 24.3 Å². The van der Waals surface area contributed by atoms with Crippen molar-refractivity contribution in [1.29, 1.82) is 0 Å². The Morgan fingerprint density at radius 2 is 1.96 bits per heavy atom. The quantitative estimate of drug-likeness (QED) is 0.289. The number of alkyl halides is 3. The van der Waals surface area contributed by atoms with Crippen molar-refractivity contribution in [2.45, 2.75) is 38.5 Å². The molecule has 1 aliphatic rings. The van der Waals surface area contributed by atoms with Gasteiger partial charge >= 0.3 is 6.18 Å². The predicted molar refractivity (Wildman–Crippen MR) is 111 cm³/mol. The van der Waals surface area contributed by atoms with Gasteiger partial charge in [0.15, 0.2) is 5.96 Å². The van der Waals surface area contributed by atoms with Crippen molar-refractivity contribution in [2.75, 3.05) is 26.2 Å². The number of halogens is 4. The van der Waals surface area contributed by atoms with Crippen LogP contribution in [0.2, 0.25) is 0 Å². The van der Waals surface area contributed by atoms with Gasteiger partial charge in [-0.3, -0.25) is 4.99 Å². The number of ether oxygens (including phenoxy) is 1. The summed E-state index contributed by atoms with van der Waals surface area (Å²) in [7, 11) is 0. The van der Waals surface area contributed by atoms with Gasteiger partial charge in [0.2, 0.25) is 0 Å². The van der Waals surface area contributed by atoms with Crippen molar-refractivity contribution in [3.8, 4) is 11.8 Å². The summed E-state index contributed by atoms with van der Waals surface area (Å²) in [6, 6.07) is 4.80. The fourth-order valence-corrected chi connectivity index (χ4v) is 2.57. The fraction of sp³-hybridized carbons (Fsp3) is 0.526. The summed E-state index contributed by atoms with van der Waals surface area (Å²) >= 11 is 0. The molecule has 1 aromatic rings. The van der Waals surface area contributed by atoms with Gasteiger partial charge in [-0.05, 0) is 51.0 Å². The van der Waals surface area contributed by atoms with E-state index in [-0.39, 0.29) is 29.6 Å². The highest BCUT2D eigenvalue weighted by Gasteiger charge is 2.30. The van der Waals surface area contributed by atoms with Crippen LogP contribution in [0.4, 0.5) is 13.2 Å². The Labute approximate surface area is 175 Å². The van der Waals surface area contributed by atoms with Crippen LogP contribution >= 0.6 is 24.0 Å². The number of aliphatic imine (C=N–C) groups is 1. The Hall–Kier alpha value is -1.47. The molecule has 0 amide bonds. The highest BCUT2D eigenvalue weighted by molar-refractivity contribution is 14.0. The first-order chi connectivity index (χ1) is 12.3. The van der Waals surface area contributed by atoms with E-state index in [1.165, 1.54) is 12.1 Å². The lowest BCUT2D eigenvalue weighted by Crippen LogP contribution is -2.39. The Kier molecular flexibility index (Phi) is 9.39. The lowest BCUT2D eigenvalue weighted by Gasteiger charge is -2.21. The average Bonchev–Trinajstić information content (AvgIpc) is 3.03. The number of guanidine groups is 1. The normalized spacial score (nSPS) is 19.7. The maximum Gasteiger partial charge on any atom is 0.416 e. The SMILES string of the molecule is CCNC(=NCC1(C)CCCO1)NCC#Cc1ccc(C(F)(F)F)cc1.I. The Morgan fingerprint density at radius 1 is 1.26 bits per heavy atom. The van der Waals surface area contributed by atoms with E-state index in [2.05, 4.69) is 34.4 Å². The lowest BCUT2D eigenvalue weighted by molar-refractivity contribution is -0.137. The van der Waals surface area contributed by atoms with Crippen LogP contribution in [0.1, 0.15) is 37.8 Å². The van der Waals surface area contributed by atoms with Gasteiger partial charge in [-0.2, -0.15) is 13.2 Å². The van der Waals surface area contributed by atoms with E-state index in [4.69, 9.17) is 4.74 Å². The largest absolute Gasteiger partial charge is 0.416 e. The zero-order chi connectivity index (χ0) is 19.0. The van der Waals surface area contributed by atoms with Crippen molar-refractivity contribution in [3.63, 3.8) is 0 Å². The molecule has 2 rings (SSSR count). The van der Waals surface area contributed by atoms with Crippen LogP contribution in [0.15, 0.2) is 29.3 Å². The lowest BCUT2D eigenvalue weighted by atomic mass is 10.0. The topological polar surface area (TPSA) is 45.7 Å². The average molecular weight is 495 g/mol. The fourth-order valence-electron chi connectivity index (χ4n) is 2.57. The van der Waals surface area contributed by atoms with Crippen LogP contribution in [-0.2, 0) is 10.9 Å². The zero-order valence-corrected chi connectivity index (χ0v) is 17.8. The van der Waals surface area contributed by atoms with Crippen LogP contribution in [-0.4, -0.2) is 37.8 Å². The minimum Gasteiger partial charge on any atom is -0.373 e. The maximum atomic E-state index is 12.5. The summed E-state index contributed by atoms with van der Waals surface area (Å²) in [5.41, 5.74) is -0.354. The molecule has 1 saturated heterocycles. The monoisotopic (exact) mass is 495 g/mol. The van der Waals surface area contributed by atoms with E-state index < -0.39 is 11.7 Å². The van der Waals surface area contributed by atoms with Crippen molar-refractivity contribution in [2.24, 2.45) is 4.99 Å². The molecule has 150 valence electrons. The van der Waals surface area contributed by atoms with Gasteiger partial charge in [-0.1, -0.05) is 11.8 Å². The van der Waals surface area contributed by atoms with Gasteiger partial charge in [-0.15, -0.1) is 24.0 Å². The van der Waals surface area contributed by atoms with Crippen molar-refractivity contribution < 1.29 is 17.9 Å². The van der Waals surface area contributed by atoms with Crippen LogP contribution in [0.3, 0.4) is 0 Å². The second-order valence-electron chi connectivity index (χ2n) is 6.33. The standard InChI is InChI=1S/C19H24F3N3O.HI/c1-3-23-17(25-14-18(2)11-5-13-26-18)24-12-4-6-15-7-9-16(10-8-15)19(20,21)22;/h7-10H,3,5,11-14H2,1-2H3,(H2,23,24,25);1H. The molecule has 0 aliphatic carbocycles. The highest BCUT2D eigenvalue weighted by atomic mass is 127. The Bertz CT molecular complexity index is 672. The molecule has 1 aromatic carbocycles. The summed E-state index contributed by atoms with van der Waals surface area (Å²) < 4.78 is 43.3. The molecule has 8 heteroatoms. The Balaban J connectivity index is 0.00000364. The van der Waals surface area contributed by atoms with Crippen molar-refractivity contribution >= 4 is 29.9 Å². The summed E-state index contributed by atoms with van der Waals surface area (Å²) in [4.78, 5) is 4.53. The molecule has 27 heavy (non-hydrogen) atoms. The van der Waals surface area contributed by atoms with Gasteiger partial charge < -0.3 is 15.4 Å². The molecule has 0 bridgehead atoms. The third kappa shape index (κ3) is 7.97. The minimum absolute atomic E-state index is 0. The predicted octanol–water partition coefficient (Wildman–Crippen LogP) is 3.80. The van der Waals surface area contributed by atoms with E-state index >= 15 is 0 Å². The van der Waals surface area contributed by atoms with Gasteiger partial charge in [-0.25, -0.2) is 0 Å². The van der Waals surface area contributed by atoms with Crippen LogP contribution < -0.4 is 10.6 Å². The molecule has 0 radical (unpaired) electrons. The second kappa shape index (κ2) is 10.8. The van der Waals surface area contributed by atoms with Crippen LogP contribution in [0.25, 0.3) is 0 Å². The highest BCUT2D eigenvalue weighted by Crippen LogP contribution is 2.29. The number of hydrogen-bond donors (Lipinski definition) is 2. The molecule has 2 N–H and O–H groups in total. The molecule has 1 fully saturated rings. The maximum absolute atomic E-state index is 12.5. The first-order valence-electron chi connectivity index (χ1n) is 8.65.